The second-order valence-corrected chi connectivity index (χ2v) is 2.48. The van der Waals surface area contributed by atoms with E-state index < -0.39 is 5.97 Å². The van der Waals surface area contributed by atoms with Gasteiger partial charge in [-0.25, -0.2) is 9.78 Å². The molecule has 0 aliphatic carbocycles. The van der Waals surface area contributed by atoms with Gasteiger partial charge < -0.3 is 14.6 Å². The molecule has 6 nitrogen and oxygen atoms in total. The molecule has 0 aromatic carbocycles. The van der Waals surface area contributed by atoms with Crippen LogP contribution in [-0.2, 0) is 0 Å². The molecule has 1 heterocycles. The predicted octanol–water partition coefficient (Wildman–Crippen LogP) is 0.500. The Morgan fingerprint density at radius 3 is 2.21 bits per heavy atom. The third kappa shape index (κ3) is 1.73. The topological polar surface area (TPSA) is 81.5 Å². The standard InChI is InChI=1S/C8H10N2O4/c1-4-6(13-2)10-5(8(11)12)7(9-4)14-3/h1-3H3,(H,11,12). The number of ether oxygens (including phenoxy) is 2. The average molecular weight is 198 g/mol. The Morgan fingerprint density at radius 2 is 1.79 bits per heavy atom. The number of carboxylic acid groups (broad SMARTS) is 1. The maximum Gasteiger partial charge on any atom is 0.360 e. The van der Waals surface area contributed by atoms with Crippen molar-refractivity contribution in [2.24, 2.45) is 0 Å². The Bertz CT molecular complexity index is 365. The number of rotatable bonds is 3. The zero-order chi connectivity index (χ0) is 10.7. The summed E-state index contributed by atoms with van der Waals surface area (Å²) >= 11 is 0. The van der Waals surface area contributed by atoms with Crippen LogP contribution in [0.3, 0.4) is 0 Å². The van der Waals surface area contributed by atoms with Gasteiger partial charge in [0.1, 0.15) is 5.69 Å². The molecule has 6 heteroatoms. The van der Waals surface area contributed by atoms with Crippen LogP contribution in [0.25, 0.3) is 0 Å². The minimum atomic E-state index is -1.20. The minimum Gasteiger partial charge on any atom is -0.480 e. The van der Waals surface area contributed by atoms with Crippen molar-refractivity contribution in [3.05, 3.63) is 11.4 Å². The average Bonchev–Trinajstić information content (AvgIpc) is 2.16. The van der Waals surface area contributed by atoms with Crippen molar-refractivity contribution >= 4 is 5.97 Å². The summed E-state index contributed by atoms with van der Waals surface area (Å²) in [6, 6.07) is 0. The normalized spacial score (nSPS) is 9.64. The lowest BCUT2D eigenvalue weighted by Gasteiger charge is -2.07. The van der Waals surface area contributed by atoms with Gasteiger partial charge in [-0.3, -0.25) is 0 Å². The van der Waals surface area contributed by atoms with Crippen LogP contribution in [0, 0.1) is 6.92 Å². The molecular formula is C8H10N2O4. The lowest BCUT2D eigenvalue weighted by molar-refractivity contribution is 0.0684. The van der Waals surface area contributed by atoms with E-state index in [4.69, 9.17) is 14.6 Å². The Morgan fingerprint density at radius 1 is 1.21 bits per heavy atom. The van der Waals surface area contributed by atoms with E-state index in [0.29, 0.717) is 5.69 Å². The van der Waals surface area contributed by atoms with E-state index >= 15 is 0 Å². The van der Waals surface area contributed by atoms with Gasteiger partial charge >= 0.3 is 5.97 Å². The summed E-state index contributed by atoms with van der Waals surface area (Å²) in [7, 11) is 2.73. The summed E-state index contributed by atoms with van der Waals surface area (Å²) < 4.78 is 9.62. The highest BCUT2D eigenvalue weighted by molar-refractivity contribution is 5.88. The molecule has 0 atom stereocenters. The van der Waals surface area contributed by atoms with E-state index in [1.165, 1.54) is 14.2 Å². The van der Waals surface area contributed by atoms with Gasteiger partial charge in [0, 0.05) is 0 Å². The van der Waals surface area contributed by atoms with Crippen LogP contribution in [0.1, 0.15) is 16.2 Å². The van der Waals surface area contributed by atoms with Gasteiger partial charge in [-0.1, -0.05) is 0 Å². The summed E-state index contributed by atoms with van der Waals surface area (Å²) in [5.41, 5.74) is 0.226. The van der Waals surface area contributed by atoms with Crippen LogP contribution in [0.4, 0.5) is 0 Å². The van der Waals surface area contributed by atoms with E-state index in [1.807, 2.05) is 0 Å². The van der Waals surface area contributed by atoms with E-state index in [-0.39, 0.29) is 17.5 Å². The SMILES string of the molecule is COc1nc(C(=O)O)c(OC)nc1C. The fraction of sp³-hybridized carbons (Fsp3) is 0.375. The molecule has 0 saturated carbocycles. The molecule has 0 saturated heterocycles. The first-order valence-corrected chi connectivity index (χ1v) is 3.80. The summed E-state index contributed by atoms with van der Waals surface area (Å²) in [6.07, 6.45) is 0. The van der Waals surface area contributed by atoms with Gasteiger partial charge in [-0.2, -0.15) is 4.98 Å². The van der Waals surface area contributed by atoms with E-state index in [0.717, 1.165) is 0 Å². The number of aromatic carboxylic acids is 1. The molecule has 0 unspecified atom stereocenters. The van der Waals surface area contributed by atoms with Gasteiger partial charge in [0.05, 0.1) is 14.2 Å². The molecule has 0 aliphatic rings. The summed E-state index contributed by atoms with van der Waals surface area (Å²) in [4.78, 5) is 18.4. The molecule has 14 heavy (non-hydrogen) atoms. The van der Waals surface area contributed by atoms with Gasteiger partial charge in [0.15, 0.2) is 0 Å². The Kier molecular flexibility index (Phi) is 2.85. The van der Waals surface area contributed by atoms with E-state index in [9.17, 15) is 4.79 Å². The number of aryl methyl sites for hydroxylation is 1. The Labute approximate surface area is 80.5 Å². The number of carbonyl (C=O) groups is 1. The third-order valence-corrected chi connectivity index (χ3v) is 1.58. The first-order chi connectivity index (χ1) is 6.60. The first kappa shape index (κ1) is 10.2. The summed E-state index contributed by atoms with van der Waals surface area (Å²) in [5, 5.41) is 8.77. The van der Waals surface area contributed by atoms with Crippen molar-refractivity contribution in [3.8, 4) is 11.8 Å². The zero-order valence-corrected chi connectivity index (χ0v) is 8.07. The van der Waals surface area contributed by atoms with Gasteiger partial charge in [-0.15, -0.1) is 0 Å². The molecule has 0 amide bonds. The van der Waals surface area contributed by atoms with Crippen molar-refractivity contribution in [2.75, 3.05) is 14.2 Å². The molecule has 0 bridgehead atoms. The van der Waals surface area contributed by atoms with Crippen LogP contribution >= 0.6 is 0 Å². The highest BCUT2D eigenvalue weighted by Crippen LogP contribution is 2.19. The molecule has 1 aromatic rings. The van der Waals surface area contributed by atoms with E-state index in [1.54, 1.807) is 6.92 Å². The van der Waals surface area contributed by atoms with Crippen molar-refractivity contribution in [2.45, 2.75) is 6.92 Å². The van der Waals surface area contributed by atoms with Gasteiger partial charge in [-0.05, 0) is 6.92 Å². The number of aromatic nitrogens is 2. The van der Waals surface area contributed by atoms with Crippen molar-refractivity contribution in [1.29, 1.82) is 0 Å². The van der Waals surface area contributed by atoms with Crippen molar-refractivity contribution in [1.82, 2.24) is 9.97 Å². The number of methoxy groups -OCH3 is 2. The number of hydrogen-bond donors (Lipinski definition) is 1. The monoisotopic (exact) mass is 198 g/mol. The second kappa shape index (κ2) is 3.91. The molecule has 1 aromatic heterocycles. The predicted molar refractivity (Wildman–Crippen MR) is 46.8 cm³/mol. The fourth-order valence-electron chi connectivity index (χ4n) is 0.958. The first-order valence-electron chi connectivity index (χ1n) is 3.80. The van der Waals surface area contributed by atoms with Crippen molar-refractivity contribution < 1.29 is 19.4 Å². The number of hydrogen-bond acceptors (Lipinski definition) is 5. The quantitative estimate of drug-likeness (QED) is 0.761. The van der Waals surface area contributed by atoms with Crippen LogP contribution in [0.15, 0.2) is 0 Å². The maximum atomic E-state index is 10.7. The molecule has 0 fully saturated rings. The largest absolute Gasteiger partial charge is 0.480 e. The molecule has 0 aliphatic heterocycles. The lowest BCUT2D eigenvalue weighted by Crippen LogP contribution is -2.08. The molecule has 1 N–H and O–H groups in total. The molecular weight excluding hydrogens is 188 g/mol. The Balaban J connectivity index is 3.32. The molecule has 0 spiro atoms. The number of carboxylic acids is 1. The highest BCUT2D eigenvalue weighted by Gasteiger charge is 2.17. The van der Waals surface area contributed by atoms with Gasteiger partial charge in [0.2, 0.25) is 17.5 Å². The highest BCUT2D eigenvalue weighted by atomic mass is 16.5. The van der Waals surface area contributed by atoms with Crippen LogP contribution in [0.5, 0.6) is 11.8 Å². The smallest absolute Gasteiger partial charge is 0.360 e. The molecule has 0 radical (unpaired) electrons. The third-order valence-electron chi connectivity index (χ3n) is 1.58. The van der Waals surface area contributed by atoms with Crippen LogP contribution in [0.2, 0.25) is 0 Å². The van der Waals surface area contributed by atoms with Crippen LogP contribution in [-0.4, -0.2) is 35.3 Å². The van der Waals surface area contributed by atoms with Crippen molar-refractivity contribution in [3.63, 3.8) is 0 Å². The van der Waals surface area contributed by atoms with Gasteiger partial charge in [0.25, 0.3) is 0 Å². The van der Waals surface area contributed by atoms with E-state index in [2.05, 4.69) is 9.97 Å². The minimum absolute atomic E-state index is 0.0178. The summed E-state index contributed by atoms with van der Waals surface area (Å²) in [6.45, 7) is 1.65. The maximum absolute atomic E-state index is 10.7. The lowest BCUT2D eigenvalue weighted by atomic mass is 10.4. The number of nitrogens with zero attached hydrogens (tertiary/aromatic N) is 2. The Hall–Kier alpha value is -1.85. The summed E-state index contributed by atoms with van der Waals surface area (Å²) in [5.74, 6) is -1.04. The second-order valence-electron chi connectivity index (χ2n) is 2.48. The zero-order valence-electron chi connectivity index (χ0n) is 8.07. The van der Waals surface area contributed by atoms with Crippen LogP contribution < -0.4 is 9.47 Å². The molecule has 76 valence electrons. The molecule has 1 rings (SSSR count). The fourth-order valence-corrected chi connectivity index (χ4v) is 0.958.